The minimum Gasteiger partial charge on any atom is -0.464 e. The smallest absolute Gasteiger partial charge is 0.330 e. The van der Waals surface area contributed by atoms with Crippen LogP contribution in [0.15, 0.2) is 146 Å². The Hall–Kier alpha value is -6.15. The predicted octanol–water partition coefficient (Wildman–Crippen LogP) is 10.7. The topological polar surface area (TPSA) is 87.1 Å². The average Bonchev–Trinajstić information content (AvgIpc) is 3.55. The van der Waals surface area contributed by atoms with Gasteiger partial charge in [-0.15, -0.1) is 0 Å². The quantitative estimate of drug-likeness (QED) is 0.0374. The second-order valence-corrected chi connectivity index (χ2v) is 14.4. The van der Waals surface area contributed by atoms with Gasteiger partial charge in [0.2, 0.25) is 0 Å². The van der Waals surface area contributed by atoms with Gasteiger partial charge in [-0.2, -0.15) is 0 Å². The van der Waals surface area contributed by atoms with Gasteiger partial charge in [-0.25, -0.2) is 4.79 Å². The Labute approximate surface area is 329 Å². The van der Waals surface area contributed by atoms with E-state index in [4.69, 9.17) is 14.2 Å². The zero-order chi connectivity index (χ0) is 39.5. The first-order chi connectivity index (χ1) is 27.2. The molecule has 288 valence electrons. The number of para-hydroxylation sites is 4. The van der Waals surface area contributed by atoms with E-state index < -0.39 is 23.3 Å². The van der Waals surface area contributed by atoms with E-state index >= 15 is 0 Å². The van der Waals surface area contributed by atoms with Gasteiger partial charge in [0.15, 0.2) is 0 Å². The van der Waals surface area contributed by atoms with Crippen molar-refractivity contribution in [3.05, 3.63) is 152 Å². The summed E-state index contributed by atoms with van der Waals surface area (Å²) in [5, 5.41) is 2.31. The predicted molar refractivity (Wildman–Crippen MR) is 223 cm³/mol. The summed E-state index contributed by atoms with van der Waals surface area (Å²) in [5.74, 6) is -2.01. The molecule has 5 aromatic carbocycles. The van der Waals surface area contributed by atoms with Crippen molar-refractivity contribution in [2.75, 3.05) is 24.7 Å². The number of benzene rings is 5. The second kappa shape index (κ2) is 18.5. The molecule has 8 nitrogen and oxygen atoms in total. The number of carbonyl (C=O) groups is 3. The second-order valence-electron chi connectivity index (χ2n) is 14.4. The Morgan fingerprint density at radius 2 is 1.20 bits per heavy atom. The summed E-state index contributed by atoms with van der Waals surface area (Å²) < 4.78 is 18.8. The highest BCUT2D eigenvalue weighted by Gasteiger charge is 2.40. The van der Waals surface area contributed by atoms with E-state index in [2.05, 4.69) is 95.8 Å². The summed E-state index contributed by atoms with van der Waals surface area (Å²) in [5.41, 5.74) is 5.30. The molecule has 0 fully saturated rings. The number of rotatable bonds is 18. The first-order valence-corrected chi connectivity index (χ1v) is 19.3. The van der Waals surface area contributed by atoms with Gasteiger partial charge in [-0.1, -0.05) is 105 Å². The zero-order valence-corrected chi connectivity index (χ0v) is 32.4. The van der Waals surface area contributed by atoms with E-state index in [1.165, 1.54) is 0 Å². The van der Waals surface area contributed by atoms with Gasteiger partial charge in [0, 0.05) is 44.9 Å². The molecule has 6 rings (SSSR count). The third kappa shape index (κ3) is 9.20. The van der Waals surface area contributed by atoms with Gasteiger partial charge in [0.05, 0.1) is 17.9 Å². The number of fused-ring (bicyclic) bond motifs is 3. The number of hydrogen-bond acceptors (Lipinski definition) is 7. The Bertz CT molecular complexity index is 2160. The fourth-order valence-corrected chi connectivity index (χ4v) is 7.68. The van der Waals surface area contributed by atoms with Gasteiger partial charge in [0.1, 0.15) is 19.8 Å². The molecular weight excluding hydrogens is 701 g/mol. The summed E-state index contributed by atoms with van der Waals surface area (Å²) in [6.07, 6.45) is 2.49. The van der Waals surface area contributed by atoms with Gasteiger partial charge < -0.3 is 23.7 Å². The molecule has 0 saturated carbocycles. The number of nitrogens with zero attached hydrogens (tertiary/aromatic N) is 2. The molecule has 0 saturated heterocycles. The molecule has 3 unspecified atom stereocenters. The minimum atomic E-state index is -1.05. The summed E-state index contributed by atoms with van der Waals surface area (Å²) in [7, 11) is 0. The summed E-state index contributed by atoms with van der Waals surface area (Å²) >= 11 is 0. The average molecular weight is 751 g/mol. The molecule has 0 spiro atoms. The van der Waals surface area contributed by atoms with Crippen LogP contribution in [-0.2, 0) is 35.1 Å². The lowest BCUT2D eigenvalue weighted by Gasteiger charge is -2.33. The highest BCUT2D eigenvalue weighted by Crippen LogP contribution is 2.41. The van der Waals surface area contributed by atoms with Gasteiger partial charge in [-0.3, -0.25) is 9.59 Å². The summed E-state index contributed by atoms with van der Waals surface area (Å²) in [6.45, 7) is 9.66. The van der Waals surface area contributed by atoms with Crippen LogP contribution in [0.3, 0.4) is 0 Å². The van der Waals surface area contributed by atoms with E-state index in [-0.39, 0.29) is 38.1 Å². The van der Waals surface area contributed by atoms with E-state index in [1.807, 2.05) is 67.6 Å². The molecule has 1 heterocycles. The van der Waals surface area contributed by atoms with E-state index in [9.17, 15) is 14.4 Å². The number of anilines is 3. The lowest BCUT2D eigenvalue weighted by molar-refractivity contribution is -0.162. The minimum absolute atomic E-state index is 0.0133. The molecule has 0 bridgehead atoms. The number of esters is 3. The summed E-state index contributed by atoms with van der Waals surface area (Å²) in [4.78, 5) is 41.3. The number of aromatic nitrogens is 1. The maximum Gasteiger partial charge on any atom is 0.330 e. The highest BCUT2D eigenvalue weighted by molar-refractivity contribution is 6.08. The van der Waals surface area contributed by atoms with Crippen LogP contribution >= 0.6 is 0 Å². The fraction of sp³-hybridized carbons (Fsp3) is 0.271. The molecule has 56 heavy (non-hydrogen) atoms. The molecule has 3 atom stereocenters. The van der Waals surface area contributed by atoms with Crippen LogP contribution in [0, 0.1) is 11.3 Å². The van der Waals surface area contributed by atoms with Crippen molar-refractivity contribution in [1.29, 1.82) is 0 Å². The van der Waals surface area contributed by atoms with Crippen molar-refractivity contribution in [3.8, 4) is 0 Å². The Balaban J connectivity index is 1.18. The Kier molecular flexibility index (Phi) is 13.0. The number of ether oxygens (including phenoxy) is 3. The molecular formula is C48H50N2O6. The normalized spacial score (nSPS) is 13.3. The van der Waals surface area contributed by atoms with Gasteiger partial charge in [-0.05, 0) is 86.2 Å². The van der Waals surface area contributed by atoms with E-state index in [0.717, 1.165) is 56.9 Å². The first kappa shape index (κ1) is 39.5. The van der Waals surface area contributed by atoms with Crippen LogP contribution in [0.5, 0.6) is 0 Å². The monoisotopic (exact) mass is 750 g/mol. The van der Waals surface area contributed by atoms with Crippen LogP contribution in [0.1, 0.15) is 51.5 Å². The zero-order valence-electron chi connectivity index (χ0n) is 32.4. The Morgan fingerprint density at radius 1 is 0.679 bits per heavy atom. The van der Waals surface area contributed by atoms with Crippen molar-refractivity contribution in [2.45, 2.75) is 52.5 Å². The fourth-order valence-electron chi connectivity index (χ4n) is 7.68. The lowest BCUT2D eigenvalue weighted by atomic mass is 9.72. The third-order valence-electron chi connectivity index (χ3n) is 10.5. The van der Waals surface area contributed by atoms with Crippen LogP contribution in [0.4, 0.5) is 17.1 Å². The lowest BCUT2D eigenvalue weighted by Crippen LogP contribution is -2.36. The molecule has 6 aromatic rings. The molecule has 1 aromatic heterocycles. The van der Waals surface area contributed by atoms with Crippen molar-refractivity contribution in [1.82, 2.24) is 4.57 Å². The number of carbonyl (C=O) groups excluding carboxylic acids is 3. The van der Waals surface area contributed by atoms with Crippen molar-refractivity contribution in [2.24, 2.45) is 11.3 Å². The van der Waals surface area contributed by atoms with Crippen molar-refractivity contribution >= 4 is 56.8 Å². The van der Waals surface area contributed by atoms with Gasteiger partial charge in [0.25, 0.3) is 0 Å². The van der Waals surface area contributed by atoms with Crippen LogP contribution in [0.2, 0.25) is 0 Å². The largest absolute Gasteiger partial charge is 0.464 e. The molecule has 0 radical (unpaired) electrons. The first-order valence-electron chi connectivity index (χ1n) is 19.3. The molecule has 0 aliphatic heterocycles. The maximum absolute atomic E-state index is 14.0. The molecule has 0 N–H and O–H groups in total. The van der Waals surface area contributed by atoms with Gasteiger partial charge >= 0.3 is 17.9 Å². The Morgan fingerprint density at radius 3 is 1.75 bits per heavy atom. The van der Waals surface area contributed by atoms with Crippen molar-refractivity contribution < 1.29 is 28.6 Å². The highest BCUT2D eigenvalue weighted by atomic mass is 16.6. The van der Waals surface area contributed by atoms with E-state index in [1.54, 1.807) is 6.92 Å². The van der Waals surface area contributed by atoms with Crippen LogP contribution in [0.25, 0.3) is 21.8 Å². The van der Waals surface area contributed by atoms with Crippen molar-refractivity contribution in [3.63, 3.8) is 0 Å². The molecule has 0 aliphatic carbocycles. The van der Waals surface area contributed by atoms with Crippen LogP contribution in [-0.4, -0.2) is 42.3 Å². The summed E-state index contributed by atoms with van der Waals surface area (Å²) in [6, 6.07) is 45.4. The maximum atomic E-state index is 14.0. The SMILES string of the molecule is C=CC(=O)OCCOC(=O)C(C)(CC(C)C(=O)OCCn1c2ccccc2c2ccccc21)CC(CC)c1ccc(N(c2ccccc2)c2ccccc2)cc1. The van der Waals surface area contributed by atoms with E-state index in [0.29, 0.717) is 13.0 Å². The van der Waals surface area contributed by atoms with Crippen LogP contribution < -0.4 is 4.90 Å². The molecule has 0 amide bonds. The number of hydrogen-bond donors (Lipinski definition) is 0. The molecule has 0 aliphatic rings. The third-order valence-corrected chi connectivity index (χ3v) is 10.5. The molecule has 8 heteroatoms. The standard InChI is InChI=1S/C48H50N2O6/c1-5-36(37-25-27-40(28-26-37)50(38-17-9-7-10-18-38)39-19-11-8-12-20-39)34-48(4,47(53)56-32-31-54-45(51)6-2)33-35(3)46(52)55-30-29-49-43-23-15-13-21-41(43)42-22-14-16-24-44(42)49/h6-28,35-36H,2,5,29-34H2,1,3-4H3.